The summed E-state index contributed by atoms with van der Waals surface area (Å²) in [6, 6.07) is 2.45. The van der Waals surface area contributed by atoms with Crippen molar-refractivity contribution in [2.24, 2.45) is 0 Å². The molecule has 0 aliphatic carbocycles. The van der Waals surface area contributed by atoms with Crippen LogP contribution in [0.2, 0.25) is 0 Å². The molecule has 1 fully saturated rings. The van der Waals surface area contributed by atoms with Crippen LogP contribution < -0.4 is 5.32 Å². The van der Waals surface area contributed by atoms with Gasteiger partial charge >= 0.3 is 6.09 Å². The molecule has 3 heterocycles. The van der Waals surface area contributed by atoms with Crippen molar-refractivity contribution in [3.63, 3.8) is 0 Å². The Morgan fingerprint density at radius 3 is 3.06 bits per heavy atom. The van der Waals surface area contributed by atoms with E-state index in [0.29, 0.717) is 19.2 Å². The summed E-state index contributed by atoms with van der Waals surface area (Å²) < 4.78 is 7.07. The first-order chi connectivity index (χ1) is 8.58. The van der Waals surface area contributed by atoms with E-state index in [1.165, 1.54) is 5.69 Å². The maximum atomic E-state index is 11.4. The van der Waals surface area contributed by atoms with Crippen molar-refractivity contribution in [3.05, 3.63) is 18.0 Å². The summed E-state index contributed by atoms with van der Waals surface area (Å²) in [5, 5.41) is 7.30. The average Bonchev–Trinajstić information content (AvgIpc) is 2.83. The summed E-state index contributed by atoms with van der Waals surface area (Å²) in [6.07, 6.45) is 1.49. The largest absolute Gasteiger partial charge is 0.447 e. The van der Waals surface area contributed by atoms with Crippen LogP contribution in [-0.2, 0) is 17.8 Å². The van der Waals surface area contributed by atoms with Crippen molar-refractivity contribution >= 4 is 6.09 Å². The molecule has 6 nitrogen and oxygen atoms in total. The van der Waals surface area contributed by atoms with Crippen molar-refractivity contribution in [2.45, 2.75) is 38.5 Å². The molecule has 0 saturated carbocycles. The fraction of sp³-hybridized carbons (Fsp3) is 0.667. The number of aromatic nitrogens is 2. The van der Waals surface area contributed by atoms with Gasteiger partial charge in [0.1, 0.15) is 12.1 Å². The molecule has 1 amide bonds. The molecule has 2 aliphatic rings. The van der Waals surface area contributed by atoms with Gasteiger partial charge in [0, 0.05) is 26.8 Å². The zero-order chi connectivity index (χ0) is 12.8. The van der Waals surface area contributed by atoms with E-state index in [4.69, 9.17) is 4.74 Å². The highest BCUT2D eigenvalue weighted by molar-refractivity contribution is 5.70. The molecule has 18 heavy (non-hydrogen) atoms. The fourth-order valence-electron chi connectivity index (χ4n) is 2.65. The van der Waals surface area contributed by atoms with Crippen molar-refractivity contribution in [1.29, 1.82) is 0 Å². The summed E-state index contributed by atoms with van der Waals surface area (Å²) >= 11 is 0. The quantitative estimate of drug-likeness (QED) is 0.804. The van der Waals surface area contributed by atoms with Gasteiger partial charge < -0.3 is 10.1 Å². The molecule has 0 aromatic carbocycles. The lowest BCUT2D eigenvalue weighted by atomic mass is 10.0. The molecule has 1 unspecified atom stereocenters. The molecular weight excluding hydrogens is 232 g/mol. The maximum absolute atomic E-state index is 11.4. The first kappa shape index (κ1) is 11.5. The molecule has 1 aromatic rings. The van der Waals surface area contributed by atoms with Gasteiger partial charge in [-0.25, -0.2) is 4.79 Å². The first-order valence-corrected chi connectivity index (χ1v) is 6.28. The van der Waals surface area contributed by atoms with Crippen molar-refractivity contribution in [2.75, 3.05) is 13.2 Å². The highest BCUT2D eigenvalue weighted by Crippen LogP contribution is 2.24. The molecular formula is C12H20N4O2. The molecule has 0 bridgehead atoms. The lowest BCUT2D eigenvalue weighted by Crippen LogP contribution is -2.54. The van der Waals surface area contributed by atoms with Crippen molar-refractivity contribution in [3.8, 4) is 0 Å². The van der Waals surface area contributed by atoms with Gasteiger partial charge in [-0.05, 0) is 19.9 Å². The first-order valence-electron chi connectivity index (χ1n) is 6.28. The number of carbonyl (C=O) groups is 1. The molecule has 1 saturated heterocycles. The number of fused-ring (bicyclic) bond motifs is 1. The van der Waals surface area contributed by atoms with Crippen LogP contribution in [0, 0.1) is 0 Å². The molecule has 6 heteroatoms. The summed E-state index contributed by atoms with van der Waals surface area (Å²) in [6.45, 7) is 7.06. The SMILES string of the molecule is CC(C)N1Cc2ccnn2CC2(COC(=O)N2)C1.[HH]. The standard InChI is InChI=1S/C12H18N4O2.H2/c1-9(2)15-5-10-3-4-13-16(10)7-12(6-15)8-18-11(17)14-12;/h3-4,9H,5-8H2,1-2H3,(H,14,17);1H. The van der Waals surface area contributed by atoms with E-state index < -0.39 is 0 Å². The number of cyclic esters (lactones) is 1. The zero-order valence-corrected chi connectivity index (χ0v) is 10.7. The lowest BCUT2D eigenvalue weighted by Gasteiger charge is -2.32. The molecule has 0 radical (unpaired) electrons. The number of nitrogens with zero attached hydrogens (tertiary/aromatic N) is 3. The van der Waals surface area contributed by atoms with Crippen LogP contribution in [0.25, 0.3) is 0 Å². The number of carbonyl (C=O) groups excluding carboxylic acids is 1. The van der Waals surface area contributed by atoms with Crippen LogP contribution in [0.5, 0.6) is 0 Å². The predicted molar refractivity (Wildman–Crippen MR) is 67.1 cm³/mol. The van der Waals surface area contributed by atoms with Gasteiger partial charge in [0.2, 0.25) is 0 Å². The van der Waals surface area contributed by atoms with E-state index in [0.717, 1.165) is 13.1 Å². The molecule has 1 spiro atoms. The third-order valence-corrected chi connectivity index (χ3v) is 3.70. The van der Waals surface area contributed by atoms with E-state index in [-0.39, 0.29) is 13.1 Å². The van der Waals surface area contributed by atoms with Crippen LogP contribution in [-0.4, -0.2) is 45.5 Å². The Morgan fingerprint density at radius 2 is 2.39 bits per heavy atom. The van der Waals surface area contributed by atoms with E-state index in [9.17, 15) is 4.79 Å². The molecule has 1 aromatic heterocycles. The van der Waals surface area contributed by atoms with E-state index in [2.05, 4.69) is 29.2 Å². The summed E-state index contributed by atoms with van der Waals surface area (Å²) in [7, 11) is 0. The number of rotatable bonds is 1. The summed E-state index contributed by atoms with van der Waals surface area (Å²) in [4.78, 5) is 13.7. The van der Waals surface area contributed by atoms with Crippen LogP contribution in [0.3, 0.4) is 0 Å². The van der Waals surface area contributed by atoms with Crippen molar-refractivity contribution in [1.82, 2.24) is 20.0 Å². The van der Waals surface area contributed by atoms with E-state index in [1.54, 1.807) is 0 Å². The minimum atomic E-state index is -0.349. The van der Waals surface area contributed by atoms with E-state index >= 15 is 0 Å². The minimum absolute atomic E-state index is 0. The second-order valence-corrected chi connectivity index (χ2v) is 5.46. The number of nitrogens with one attached hydrogen (secondary N) is 1. The highest BCUT2D eigenvalue weighted by Gasteiger charge is 2.44. The van der Waals surface area contributed by atoms with Gasteiger partial charge in [-0.1, -0.05) is 0 Å². The molecule has 1 N–H and O–H groups in total. The Morgan fingerprint density at radius 1 is 1.56 bits per heavy atom. The molecule has 2 aliphatic heterocycles. The summed E-state index contributed by atoms with van der Waals surface area (Å²) in [5.41, 5.74) is 0.834. The minimum Gasteiger partial charge on any atom is -0.447 e. The lowest BCUT2D eigenvalue weighted by molar-refractivity contribution is 0.134. The normalized spacial score (nSPS) is 28.1. The average molecular weight is 252 g/mol. The Bertz CT molecular complexity index is 476. The van der Waals surface area contributed by atoms with Gasteiger partial charge in [-0.15, -0.1) is 0 Å². The van der Waals surface area contributed by atoms with Gasteiger partial charge in [0.25, 0.3) is 0 Å². The fourth-order valence-corrected chi connectivity index (χ4v) is 2.65. The second kappa shape index (κ2) is 3.98. The smallest absolute Gasteiger partial charge is 0.407 e. The van der Waals surface area contributed by atoms with Crippen molar-refractivity contribution < 1.29 is 11.0 Å². The van der Waals surface area contributed by atoms with Crippen LogP contribution in [0.15, 0.2) is 12.3 Å². The molecule has 3 rings (SSSR count). The molecule has 1 atom stereocenters. The molecule has 100 valence electrons. The maximum Gasteiger partial charge on any atom is 0.407 e. The van der Waals surface area contributed by atoms with E-state index in [1.807, 2.05) is 16.9 Å². The number of alkyl carbamates (subject to hydrolysis) is 1. The van der Waals surface area contributed by atoms with Crippen LogP contribution in [0.4, 0.5) is 4.79 Å². The Hall–Kier alpha value is -1.56. The monoisotopic (exact) mass is 252 g/mol. The topological polar surface area (TPSA) is 59.4 Å². The summed E-state index contributed by atoms with van der Waals surface area (Å²) in [5.74, 6) is 0. The van der Waals surface area contributed by atoms with Gasteiger partial charge in [0.15, 0.2) is 0 Å². The number of amides is 1. The van der Waals surface area contributed by atoms with Gasteiger partial charge in [0.05, 0.1) is 12.2 Å². The van der Waals surface area contributed by atoms with Crippen LogP contribution in [0.1, 0.15) is 21.0 Å². The highest BCUT2D eigenvalue weighted by atomic mass is 16.6. The van der Waals surface area contributed by atoms with Crippen LogP contribution >= 0.6 is 0 Å². The van der Waals surface area contributed by atoms with Gasteiger partial charge in [-0.2, -0.15) is 5.10 Å². The Kier molecular flexibility index (Phi) is 2.55. The second-order valence-electron chi connectivity index (χ2n) is 5.46. The number of hydrogen-bond donors (Lipinski definition) is 1. The Balaban J connectivity index is 0.00000133. The third-order valence-electron chi connectivity index (χ3n) is 3.70. The number of ether oxygens (including phenoxy) is 1. The third kappa shape index (κ3) is 1.86. The Labute approximate surface area is 107 Å². The zero-order valence-electron chi connectivity index (χ0n) is 10.7. The van der Waals surface area contributed by atoms with Gasteiger partial charge in [-0.3, -0.25) is 9.58 Å². The number of hydrogen-bond acceptors (Lipinski definition) is 4. The predicted octanol–water partition coefficient (Wildman–Crippen LogP) is 0.832.